The maximum Gasteiger partial charge on any atom is 0.225 e. The molecule has 1 aromatic heterocycles. The van der Waals surface area contributed by atoms with Crippen LogP contribution in [0, 0.1) is 11.8 Å². The van der Waals surface area contributed by atoms with Crippen molar-refractivity contribution in [2.75, 3.05) is 44.2 Å². The molecule has 2 N–H and O–H groups in total. The standard InChI is InChI=1S/C15H25N5/c16-11-13-3-1-4-14(13)12-19-7-9-20(10-8-19)15-17-5-2-6-18-15/h2,5-6,13-14H,1,3-4,7-12,16H2. The van der Waals surface area contributed by atoms with Crippen LogP contribution in [0.25, 0.3) is 0 Å². The SMILES string of the molecule is NCC1CCCC1CN1CCN(c2ncccn2)CC1. The predicted octanol–water partition coefficient (Wildman–Crippen LogP) is 0.974. The molecule has 0 bridgehead atoms. The van der Waals surface area contributed by atoms with Crippen LogP contribution in [0.5, 0.6) is 0 Å². The number of nitrogens with two attached hydrogens (primary N) is 1. The van der Waals surface area contributed by atoms with Crippen LogP contribution in [-0.2, 0) is 0 Å². The van der Waals surface area contributed by atoms with Crippen molar-refractivity contribution >= 4 is 5.95 Å². The summed E-state index contributed by atoms with van der Waals surface area (Å²) in [6, 6.07) is 1.87. The topological polar surface area (TPSA) is 58.3 Å². The van der Waals surface area contributed by atoms with E-state index in [2.05, 4.69) is 19.8 Å². The number of hydrogen-bond acceptors (Lipinski definition) is 5. The van der Waals surface area contributed by atoms with Crippen LogP contribution >= 0.6 is 0 Å². The van der Waals surface area contributed by atoms with Crippen LogP contribution in [0.1, 0.15) is 19.3 Å². The van der Waals surface area contributed by atoms with Gasteiger partial charge in [-0.25, -0.2) is 9.97 Å². The fraction of sp³-hybridized carbons (Fsp3) is 0.733. The molecule has 2 fully saturated rings. The Kier molecular flexibility index (Phi) is 4.47. The quantitative estimate of drug-likeness (QED) is 0.887. The Morgan fingerprint density at radius 1 is 1.05 bits per heavy atom. The van der Waals surface area contributed by atoms with E-state index in [9.17, 15) is 0 Å². The minimum absolute atomic E-state index is 0.755. The van der Waals surface area contributed by atoms with Crippen LogP contribution in [0.3, 0.4) is 0 Å². The molecule has 0 aromatic carbocycles. The van der Waals surface area contributed by atoms with Gasteiger partial charge in [-0.2, -0.15) is 0 Å². The highest BCUT2D eigenvalue weighted by atomic mass is 15.3. The molecule has 1 aliphatic heterocycles. The third-order valence-corrected chi connectivity index (χ3v) is 4.82. The lowest BCUT2D eigenvalue weighted by atomic mass is 9.95. The summed E-state index contributed by atoms with van der Waals surface area (Å²) in [5.41, 5.74) is 5.88. The van der Waals surface area contributed by atoms with Gasteiger partial charge in [-0.15, -0.1) is 0 Å². The molecule has 5 heteroatoms. The van der Waals surface area contributed by atoms with Crippen molar-refractivity contribution < 1.29 is 0 Å². The van der Waals surface area contributed by atoms with Crippen molar-refractivity contribution in [3.8, 4) is 0 Å². The van der Waals surface area contributed by atoms with Crippen LogP contribution in [0.2, 0.25) is 0 Å². The zero-order valence-electron chi connectivity index (χ0n) is 12.1. The Bertz CT molecular complexity index is 402. The second-order valence-corrected chi connectivity index (χ2v) is 6.02. The van der Waals surface area contributed by atoms with Crippen LogP contribution in [0.4, 0.5) is 5.95 Å². The summed E-state index contributed by atoms with van der Waals surface area (Å²) in [5.74, 6) is 2.44. The Labute approximate surface area is 121 Å². The number of aromatic nitrogens is 2. The molecule has 1 aliphatic carbocycles. The first kappa shape index (κ1) is 13.8. The fourth-order valence-electron chi connectivity index (χ4n) is 3.58. The first-order valence-corrected chi connectivity index (χ1v) is 7.81. The van der Waals surface area contributed by atoms with Crippen LogP contribution < -0.4 is 10.6 Å². The average Bonchev–Trinajstić information content (AvgIpc) is 2.96. The Hall–Kier alpha value is -1.20. The van der Waals surface area contributed by atoms with Crippen molar-refractivity contribution in [2.45, 2.75) is 19.3 Å². The van der Waals surface area contributed by atoms with Gasteiger partial charge in [0.15, 0.2) is 0 Å². The number of piperazine rings is 1. The van der Waals surface area contributed by atoms with Crippen molar-refractivity contribution in [3.63, 3.8) is 0 Å². The lowest BCUT2D eigenvalue weighted by Crippen LogP contribution is -2.48. The van der Waals surface area contributed by atoms with Gasteiger partial charge >= 0.3 is 0 Å². The molecule has 2 atom stereocenters. The summed E-state index contributed by atoms with van der Waals surface area (Å²) < 4.78 is 0. The molecule has 0 amide bonds. The lowest BCUT2D eigenvalue weighted by Gasteiger charge is -2.36. The minimum Gasteiger partial charge on any atom is -0.338 e. The first-order chi connectivity index (χ1) is 9.86. The molecule has 20 heavy (non-hydrogen) atoms. The summed E-state index contributed by atoms with van der Waals surface area (Å²) in [4.78, 5) is 13.6. The van der Waals surface area contributed by atoms with Gasteiger partial charge in [0.25, 0.3) is 0 Å². The van der Waals surface area contributed by atoms with E-state index in [0.29, 0.717) is 0 Å². The molecule has 1 aromatic rings. The largest absolute Gasteiger partial charge is 0.338 e. The molecule has 2 unspecified atom stereocenters. The monoisotopic (exact) mass is 275 g/mol. The Morgan fingerprint density at radius 2 is 1.75 bits per heavy atom. The van der Waals surface area contributed by atoms with Gasteiger partial charge in [0.05, 0.1) is 0 Å². The highest BCUT2D eigenvalue weighted by Gasteiger charge is 2.29. The van der Waals surface area contributed by atoms with Gasteiger partial charge in [-0.1, -0.05) is 6.42 Å². The summed E-state index contributed by atoms with van der Waals surface area (Å²) in [7, 11) is 0. The highest BCUT2D eigenvalue weighted by molar-refractivity contribution is 5.29. The molecule has 0 radical (unpaired) electrons. The van der Waals surface area contributed by atoms with E-state index < -0.39 is 0 Å². The van der Waals surface area contributed by atoms with Gasteiger partial charge in [0, 0.05) is 45.1 Å². The number of rotatable bonds is 4. The zero-order valence-corrected chi connectivity index (χ0v) is 12.1. The lowest BCUT2D eigenvalue weighted by molar-refractivity contribution is 0.196. The summed E-state index contributed by atoms with van der Waals surface area (Å²) in [6.07, 6.45) is 7.70. The van der Waals surface area contributed by atoms with E-state index in [-0.39, 0.29) is 0 Å². The maximum atomic E-state index is 5.88. The average molecular weight is 275 g/mol. The zero-order chi connectivity index (χ0) is 13.8. The number of hydrogen-bond donors (Lipinski definition) is 1. The van der Waals surface area contributed by atoms with E-state index in [0.717, 1.165) is 50.5 Å². The van der Waals surface area contributed by atoms with E-state index >= 15 is 0 Å². The van der Waals surface area contributed by atoms with Gasteiger partial charge in [0.1, 0.15) is 0 Å². The third-order valence-electron chi connectivity index (χ3n) is 4.82. The molecule has 3 rings (SSSR count). The van der Waals surface area contributed by atoms with Gasteiger partial charge in [-0.05, 0) is 37.3 Å². The second-order valence-electron chi connectivity index (χ2n) is 6.02. The molecule has 2 heterocycles. The number of nitrogens with zero attached hydrogens (tertiary/aromatic N) is 4. The first-order valence-electron chi connectivity index (χ1n) is 7.81. The second kappa shape index (κ2) is 6.50. The maximum absolute atomic E-state index is 5.88. The molecule has 2 aliphatic rings. The van der Waals surface area contributed by atoms with Crippen molar-refractivity contribution in [3.05, 3.63) is 18.5 Å². The highest BCUT2D eigenvalue weighted by Crippen LogP contribution is 2.31. The van der Waals surface area contributed by atoms with Gasteiger partial charge in [-0.3, -0.25) is 4.90 Å². The van der Waals surface area contributed by atoms with Crippen molar-refractivity contribution in [1.82, 2.24) is 14.9 Å². The molecular formula is C15H25N5. The number of anilines is 1. The summed E-state index contributed by atoms with van der Waals surface area (Å²) in [6.45, 7) is 6.39. The molecule has 0 spiro atoms. The third kappa shape index (κ3) is 3.10. The predicted molar refractivity (Wildman–Crippen MR) is 80.6 cm³/mol. The van der Waals surface area contributed by atoms with Crippen LogP contribution in [0.15, 0.2) is 18.5 Å². The van der Waals surface area contributed by atoms with Crippen LogP contribution in [-0.4, -0.2) is 54.1 Å². The van der Waals surface area contributed by atoms with Crippen molar-refractivity contribution in [1.29, 1.82) is 0 Å². The van der Waals surface area contributed by atoms with Crippen molar-refractivity contribution in [2.24, 2.45) is 17.6 Å². The summed E-state index contributed by atoms with van der Waals surface area (Å²) >= 11 is 0. The normalized spacial score (nSPS) is 27.9. The molecule has 5 nitrogen and oxygen atoms in total. The smallest absolute Gasteiger partial charge is 0.225 e. The van der Waals surface area contributed by atoms with E-state index in [1.54, 1.807) is 0 Å². The van der Waals surface area contributed by atoms with E-state index in [1.165, 1.54) is 25.8 Å². The molecular weight excluding hydrogens is 250 g/mol. The van der Waals surface area contributed by atoms with E-state index in [1.807, 2.05) is 18.5 Å². The summed E-state index contributed by atoms with van der Waals surface area (Å²) in [5, 5.41) is 0. The van der Waals surface area contributed by atoms with E-state index in [4.69, 9.17) is 5.73 Å². The Morgan fingerprint density at radius 3 is 2.45 bits per heavy atom. The molecule has 1 saturated carbocycles. The minimum atomic E-state index is 0.755. The molecule has 1 saturated heterocycles. The van der Waals surface area contributed by atoms with Gasteiger partial charge in [0.2, 0.25) is 5.95 Å². The Balaban J connectivity index is 1.49. The molecule has 110 valence electrons. The fourth-order valence-corrected chi connectivity index (χ4v) is 3.58. The van der Waals surface area contributed by atoms with Gasteiger partial charge < -0.3 is 10.6 Å².